The molecule has 3 rings (SSSR count). The maximum absolute atomic E-state index is 12.3. The molecule has 2 nitrogen and oxygen atoms in total. The van der Waals surface area contributed by atoms with E-state index in [9.17, 15) is 4.79 Å². The molecule has 1 heterocycles. The fourth-order valence-corrected chi connectivity index (χ4v) is 3.03. The molecule has 0 aliphatic carbocycles. The number of nitrogens with zero attached hydrogens (tertiary/aromatic N) is 1. The van der Waals surface area contributed by atoms with E-state index >= 15 is 0 Å². The number of rotatable bonds is 3. The summed E-state index contributed by atoms with van der Waals surface area (Å²) in [6.07, 6.45) is 0. The lowest BCUT2D eigenvalue weighted by atomic mass is 10.1. The van der Waals surface area contributed by atoms with E-state index in [1.807, 2.05) is 12.1 Å². The minimum Gasteiger partial charge on any atom is -0.293 e. The van der Waals surface area contributed by atoms with E-state index < -0.39 is 0 Å². The average molecular weight is 306 g/mol. The van der Waals surface area contributed by atoms with Gasteiger partial charge in [-0.1, -0.05) is 47.5 Å². The fraction of sp³-hybridized carbons (Fsp3) is 0.188. The van der Waals surface area contributed by atoms with E-state index in [4.69, 9.17) is 23.2 Å². The van der Waals surface area contributed by atoms with Crippen molar-refractivity contribution in [3.63, 3.8) is 0 Å². The van der Waals surface area contributed by atoms with Crippen LogP contribution in [0.2, 0.25) is 10.0 Å². The van der Waals surface area contributed by atoms with Gasteiger partial charge in [-0.15, -0.1) is 0 Å². The van der Waals surface area contributed by atoms with E-state index in [-0.39, 0.29) is 5.78 Å². The molecule has 0 aromatic heterocycles. The van der Waals surface area contributed by atoms with Crippen LogP contribution >= 0.6 is 23.2 Å². The molecule has 4 heteroatoms. The second-order valence-corrected chi connectivity index (χ2v) is 5.80. The third-order valence-electron chi connectivity index (χ3n) is 3.51. The second kappa shape index (κ2) is 5.57. The maximum atomic E-state index is 12.3. The first kappa shape index (κ1) is 13.6. The Kier molecular flexibility index (Phi) is 3.79. The molecule has 0 N–H and O–H groups in total. The third-order valence-corrected chi connectivity index (χ3v) is 4.05. The fourth-order valence-electron chi connectivity index (χ4n) is 2.52. The van der Waals surface area contributed by atoms with Crippen molar-refractivity contribution in [1.82, 2.24) is 4.90 Å². The molecule has 0 saturated carbocycles. The molecule has 0 spiro atoms. The summed E-state index contributed by atoms with van der Waals surface area (Å²) in [6, 6.07) is 13.3. The molecule has 0 bridgehead atoms. The Morgan fingerprint density at radius 1 is 1.05 bits per heavy atom. The van der Waals surface area contributed by atoms with E-state index in [0.29, 0.717) is 22.2 Å². The van der Waals surface area contributed by atoms with Crippen LogP contribution in [0.5, 0.6) is 0 Å². The van der Waals surface area contributed by atoms with Crippen molar-refractivity contribution >= 4 is 29.0 Å². The highest BCUT2D eigenvalue weighted by atomic mass is 35.5. The average Bonchev–Trinajstić information content (AvgIpc) is 2.80. The number of ketones is 1. The number of carbonyl (C=O) groups is 1. The van der Waals surface area contributed by atoms with Crippen molar-refractivity contribution in [3.05, 3.63) is 69.2 Å². The summed E-state index contributed by atoms with van der Waals surface area (Å²) < 4.78 is 0. The first-order valence-electron chi connectivity index (χ1n) is 6.41. The molecule has 0 saturated heterocycles. The molecule has 1 aliphatic heterocycles. The van der Waals surface area contributed by atoms with Gasteiger partial charge in [-0.3, -0.25) is 9.69 Å². The lowest BCUT2D eigenvalue weighted by Gasteiger charge is -2.14. The van der Waals surface area contributed by atoms with Crippen molar-refractivity contribution in [2.24, 2.45) is 0 Å². The highest BCUT2D eigenvalue weighted by Crippen LogP contribution is 2.25. The molecule has 20 heavy (non-hydrogen) atoms. The molecule has 0 atom stereocenters. The summed E-state index contributed by atoms with van der Waals surface area (Å²) in [6.45, 7) is 2.00. The lowest BCUT2D eigenvalue weighted by molar-refractivity contribution is 0.0930. The van der Waals surface area contributed by atoms with Gasteiger partial charge < -0.3 is 0 Å². The Bertz CT molecular complexity index is 644. The summed E-state index contributed by atoms with van der Waals surface area (Å²) in [4.78, 5) is 14.4. The van der Waals surface area contributed by atoms with Gasteiger partial charge in [0.1, 0.15) is 0 Å². The van der Waals surface area contributed by atoms with Crippen LogP contribution in [0.15, 0.2) is 42.5 Å². The molecule has 0 radical (unpaired) electrons. The summed E-state index contributed by atoms with van der Waals surface area (Å²) in [5.41, 5.74) is 3.12. The minimum atomic E-state index is 0.0273. The van der Waals surface area contributed by atoms with Crippen molar-refractivity contribution in [1.29, 1.82) is 0 Å². The van der Waals surface area contributed by atoms with Crippen molar-refractivity contribution in [2.75, 3.05) is 6.54 Å². The van der Waals surface area contributed by atoms with Gasteiger partial charge in [0, 0.05) is 23.7 Å². The monoisotopic (exact) mass is 305 g/mol. The SMILES string of the molecule is O=C(CN1Cc2ccccc2C1)c1ccc(Cl)cc1Cl. The lowest BCUT2D eigenvalue weighted by Crippen LogP contribution is -2.25. The molecular weight excluding hydrogens is 293 g/mol. The zero-order valence-electron chi connectivity index (χ0n) is 10.8. The first-order chi connectivity index (χ1) is 9.63. The number of Topliss-reactive ketones (excluding diaryl/α,β-unsaturated/α-hetero) is 1. The Morgan fingerprint density at radius 2 is 1.70 bits per heavy atom. The molecule has 0 unspecified atom stereocenters. The third kappa shape index (κ3) is 2.73. The van der Waals surface area contributed by atoms with E-state index in [1.165, 1.54) is 11.1 Å². The van der Waals surface area contributed by atoms with Gasteiger partial charge in [-0.2, -0.15) is 0 Å². The van der Waals surface area contributed by atoms with Crippen molar-refractivity contribution < 1.29 is 4.79 Å². The van der Waals surface area contributed by atoms with Crippen LogP contribution < -0.4 is 0 Å². The Hall–Kier alpha value is -1.35. The minimum absolute atomic E-state index is 0.0273. The maximum Gasteiger partial charge on any atom is 0.178 e. The van der Waals surface area contributed by atoms with Crippen molar-refractivity contribution in [2.45, 2.75) is 13.1 Å². The van der Waals surface area contributed by atoms with Crippen LogP contribution in [0.3, 0.4) is 0 Å². The first-order valence-corrected chi connectivity index (χ1v) is 7.16. The van der Waals surface area contributed by atoms with Gasteiger partial charge in [0.15, 0.2) is 5.78 Å². The number of hydrogen-bond acceptors (Lipinski definition) is 2. The van der Waals surface area contributed by atoms with Crippen LogP contribution in [0.25, 0.3) is 0 Å². The molecule has 2 aromatic rings. The summed E-state index contributed by atoms with van der Waals surface area (Å²) in [5, 5.41) is 0.958. The van der Waals surface area contributed by atoms with Crippen LogP contribution in [-0.4, -0.2) is 17.2 Å². The van der Waals surface area contributed by atoms with Crippen LogP contribution in [0, 0.1) is 0 Å². The summed E-state index contributed by atoms with van der Waals surface area (Å²) >= 11 is 11.9. The highest BCUT2D eigenvalue weighted by Gasteiger charge is 2.21. The van der Waals surface area contributed by atoms with E-state index in [0.717, 1.165) is 13.1 Å². The Morgan fingerprint density at radius 3 is 2.30 bits per heavy atom. The molecule has 2 aromatic carbocycles. The number of carbonyl (C=O) groups excluding carboxylic acids is 1. The van der Waals surface area contributed by atoms with Gasteiger partial charge in [0.25, 0.3) is 0 Å². The summed E-state index contributed by atoms with van der Waals surface area (Å²) in [5.74, 6) is 0.0273. The van der Waals surface area contributed by atoms with E-state index in [2.05, 4.69) is 17.0 Å². The topological polar surface area (TPSA) is 20.3 Å². The standard InChI is InChI=1S/C16H13Cl2NO/c17-13-5-6-14(15(18)7-13)16(20)10-19-8-11-3-1-2-4-12(11)9-19/h1-7H,8-10H2. The molecule has 1 aliphatic rings. The van der Waals surface area contributed by atoms with Gasteiger partial charge in [0.05, 0.1) is 11.6 Å². The molecule has 0 amide bonds. The van der Waals surface area contributed by atoms with Crippen molar-refractivity contribution in [3.8, 4) is 0 Å². The second-order valence-electron chi connectivity index (χ2n) is 4.96. The van der Waals surface area contributed by atoms with Crippen LogP contribution in [0.1, 0.15) is 21.5 Å². The quantitative estimate of drug-likeness (QED) is 0.792. The number of hydrogen-bond donors (Lipinski definition) is 0. The smallest absolute Gasteiger partial charge is 0.178 e. The zero-order valence-corrected chi connectivity index (χ0v) is 12.3. The zero-order chi connectivity index (χ0) is 14.1. The normalized spacial score (nSPS) is 14.3. The van der Waals surface area contributed by atoms with Crippen LogP contribution in [-0.2, 0) is 13.1 Å². The largest absolute Gasteiger partial charge is 0.293 e. The predicted molar refractivity (Wildman–Crippen MR) is 81.3 cm³/mol. The number of halogens is 2. The van der Waals surface area contributed by atoms with Gasteiger partial charge in [0.2, 0.25) is 0 Å². The van der Waals surface area contributed by atoms with Gasteiger partial charge >= 0.3 is 0 Å². The van der Waals surface area contributed by atoms with Crippen LogP contribution in [0.4, 0.5) is 0 Å². The summed E-state index contributed by atoms with van der Waals surface area (Å²) in [7, 11) is 0. The number of fused-ring (bicyclic) bond motifs is 1. The number of benzene rings is 2. The predicted octanol–water partition coefficient (Wildman–Crippen LogP) is 4.19. The molecular formula is C16H13Cl2NO. The van der Waals surface area contributed by atoms with Gasteiger partial charge in [-0.25, -0.2) is 0 Å². The molecule has 102 valence electrons. The van der Waals surface area contributed by atoms with E-state index in [1.54, 1.807) is 18.2 Å². The Labute approximate surface area is 127 Å². The highest BCUT2D eigenvalue weighted by molar-refractivity contribution is 6.36. The van der Waals surface area contributed by atoms with Gasteiger partial charge in [-0.05, 0) is 29.3 Å². The molecule has 0 fully saturated rings. The Balaban J connectivity index is 1.72.